The zero-order valence-electron chi connectivity index (χ0n) is 43.3. The van der Waals surface area contributed by atoms with E-state index in [0.29, 0.717) is 73.1 Å². The number of benzene rings is 2. The molecule has 0 N–H and O–H groups in total. The summed E-state index contributed by atoms with van der Waals surface area (Å²) in [6, 6.07) is 13.7. The average molecular weight is 1080 g/mol. The number of nitrogens with zero attached hydrogens (tertiary/aromatic N) is 4. The van der Waals surface area contributed by atoms with E-state index < -0.39 is 65.5 Å². The number of rotatable bonds is 22. The summed E-state index contributed by atoms with van der Waals surface area (Å²) in [6.07, 6.45) is 6.69. The first-order valence-corrected chi connectivity index (χ1v) is 30.2. The lowest BCUT2D eigenvalue weighted by Crippen LogP contribution is -2.42. The molecule has 2 aliphatic heterocycles. The van der Waals surface area contributed by atoms with Gasteiger partial charge < -0.3 is 28.9 Å². The Morgan fingerprint density at radius 2 is 0.905 bits per heavy atom. The predicted octanol–water partition coefficient (Wildman–Crippen LogP) is 9.07. The van der Waals surface area contributed by atoms with E-state index in [1.807, 2.05) is 12.1 Å². The Morgan fingerprint density at radius 3 is 1.20 bits per heavy atom. The van der Waals surface area contributed by atoms with Gasteiger partial charge >= 0.3 is 11.9 Å². The second-order valence-corrected chi connectivity index (χ2v) is 27.3. The summed E-state index contributed by atoms with van der Waals surface area (Å²) in [5.41, 5.74) is 0.278. The lowest BCUT2D eigenvalue weighted by molar-refractivity contribution is -0.166. The molecular weight excluding hydrogens is 1000 g/mol. The van der Waals surface area contributed by atoms with E-state index in [9.17, 15) is 44.0 Å². The number of hydrogen-bond acceptors (Lipinski definition) is 12. The van der Waals surface area contributed by atoms with E-state index in [1.54, 1.807) is 38.5 Å². The first kappa shape index (κ1) is 53.8. The van der Waals surface area contributed by atoms with Crippen LogP contribution in [-0.2, 0) is 59.6 Å². The third kappa shape index (κ3) is 10.00. The number of methoxy groups -OCH3 is 2. The van der Waals surface area contributed by atoms with Gasteiger partial charge in [-0.2, -0.15) is 0 Å². The van der Waals surface area contributed by atoms with Crippen LogP contribution < -0.4 is 8.94 Å². The van der Waals surface area contributed by atoms with E-state index >= 15 is 0 Å². The molecule has 10 rings (SSSR count). The van der Waals surface area contributed by atoms with E-state index in [4.69, 9.17) is 19.1 Å². The standard InChI is InChI=1S/C54H74F4N4O10S2/c1-5-53(43-33-59(34-44(43)53)29-9-19-49(69-3)21-25-51(55,56)26-22-49)37-11-7-13-39(31-37)61(73(65,66)41-15-16-41)71-47(63)48(64)72-62(74(67,68)42-17-18-42)40-14-8-12-38(32-40)54(6-2)45-35-60(36-46(45)54)30-10-20-50(70-4)23-27-52(57,58)28-24-50/h7-8,11-14,31-32,41-46H,5-6,9-10,15-30,33-36H2,1-4H3/t43-,44+,45-,46+,53-,54-. The summed E-state index contributed by atoms with van der Waals surface area (Å²) in [6.45, 7) is 9.11. The second kappa shape index (κ2) is 19.7. The lowest BCUT2D eigenvalue weighted by atomic mass is 9.79. The van der Waals surface area contributed by atoms with E-state index in [0.717, 1.165) is 76.1 Å². The third-order valence-corrected chi connectivity index (χ3v) is 23.4. The summed E-state index contributed by atoms with van der Waals surface area (Å²) < 4.78 is 125. The largest absolute Gasteiger partial charge is 0.444 e. The number of ether oxygens (including phenoxy) is 2. The zero-order chi connectivity index (χ0) is 52.7. The van der Waals surface area contributed by atoms with E-state index in [-0.39, 0.29) is 71.6 Å². The van der Waals surface area contributed by atoms with Crippen molar-refractivity contribution in [2.24, 2.45) is 23.7 Å². The van der Waals surface area contributed by atoms with Crippen molar-refractivity contribution in [2.45, 2.75) is 174 Å². The molecule has 0 aromatic heterocycles. The number of alkyl halides is 4. The first-order valence-electron chi connectivity index (χ1n) is 27.1. The fraction of sp³-hybridized carbons (Fsp3) is 0.741. The molecule has 410 valence electrons. The van der Waals surface area contributed by atoms with Gasteiger partial charge in [-0.05, 0) is 162 Å². The first-order chi connectivity index (χ1) is 35.1. The van der Waals surface area contributed by atoms with Crippen molar-refractivity contribution in [3.8, 4) is 0 Å². The molecule has 2 saturated heterocycles. The molecule has 20 heteroatoms. The SMILES string of the molecule is CC[C@@]1(c2cccc(N(OC(=O)C(=O)ON(c3cccc([C@]4(CC)[C@@H]5CN(CCCC6(OC)CCC(F)(F)CC6)C[C@@H]54)c3)S(=O)(=O)C3CC3)S(=O)(=O)C3CC3)c2)[C@@H]2CN(CCCC3(OC)CCC(F)(F)CC3)C[C@@H]21. The normalized spacial score (nSPS) is 30.8. The van der Waals surface area contributed by atoms with Gasteiger partial charge in [0.15, 0.2) is 0 Å². The van der Waals surface area contributed by atoms with Crippen molar-refractivity contribution in [1.29, 1.82) is 0 Å². The summed E-state index contributed by atoms with van der Waals surface area (Å²) in [7, 11) is -5.41. The minimum absolute atomic E-state index is 0.0390. The molecule has 14 nitrogen and oxygen atoms in total. The molecule has 0 radical (unpaired) electrons. The Bertz CT molecular complexity index is 2450. The predicted molar refractivity (Wildman–Crippen MR) is 269 cm³/mol. The van der Waals surface area contributed by atoms with Gasteiger partial charge in [0.25, 0.3) is 20.0 Å². The fourth-order valence-electron chi connectivity index (χ4n) is 14.4. The highest BCUT2D eigenvalue weighted by Gasteiger charge is 2.68. The van der Waals surface area contributed by atoms with Gasteiger partial charge in [-0.15, -0.1) is 0 Å². The van der Waals surface area contributed by atoms with Crippen LogP contribution in [0, 0.1) is 23.7 Å². The zero-order valence-corrected chi connectivity index (χ0v) is 44.9. The highest BCUT2D eigenvalue weighted by Crippen LogP contribution is 2.67. The van der Waals surface area contributed by atoms with Crippen LogP contribution >= 0.6 is 0 Å². The van der Waals surface area contributed by atoms with Crippen LogP contribution in [0.3, 0.4) is 0 Å². The minimum atomic E-state index is -4.32. The Morgan fingerprint density at radius 1 is 0.568 bits per heavy atom. The van der Waals surface area contributed by atoms with Crippen molar-refractivity contribution in [1.82, 2.24) is 9.80 Å². The highest BCUT2D eigenvalue weighted by molar-refractivity contribution is 7.93. The Balaban J connectivity index is 0.795. The summed E-state index contributed by atoms with van der Waals surface area (Å²) in [5.74, 6) is -7.53. The van der Waals surface area contributed by atoms with Gasteiger partial charge in [0, 0.05) is 76.9 Å². The quantitative estimate of drug-likeness (QED) is 0.0629. The number of likely N-dealkylation sites (tertiary alicyclic amines) is 2. The highest BCUT2D eigenvalue weighted by atomic mass is 32.2. The smallest absolute Gasteiger partial charge is 0.378 e. The molecule has 0 unspecified atom stereocenters. The molecule has 2 heterocycles. The number of hydrogen-bond donors (Lipinski definition) is 0. The van der Waals surface area contributed by atoms with Crippen LogP contribution in [0.2, 0.25) is 0 Å². The number of anilines is 2. The van der Waals surface area contributed by atoms with Crippen molar-refractivity contribution in [3.63, 3.8) is 0 Å². The molecule has 2 aromatic carbocycles. The van der Waals surface area contributed by atoms with Gasteiger partial charge in [0.2, 0.25) is 11.8 Å². The van der Waals surface area contributed by atoms with Gasteiger partial charge in [0.05, 0.1) is 33.1 Å². The van der Waals surface area contributed by atoms with Crippen LogP contribution in [-0.4, -0.2) is 126 Å². The van der Waals surface area contributed by atoms with Gasteiger partial charge in [-0.25, -0.2) is 44.0 Å². The van der Waals surface area contributed by atoms with Gasteiger partial charge in [0.1, 0.15) is 0 Å². The molecule has 6 saturated carbocycles. The van der Waals surface area contributed by atoms with Crippen LogP contribution in [0.25, 0.3) is 0 Å². The van der Waals surface area contributed by atoms with Crippen LogP contribution in [0.5, 0.6) is 0 Å². The molecule has 6 atom stereocenters. The minimum Gasteiger partial charge on any atom is -0.378 e. The molecule has 8 aliphatic rings. The van der Waals surface area contributed by atoms with Gasteiger partial charge in [-0.3, -0.25) is 0 Å². The fourth-order valence-corrected chi connectivity index (χ4v) is 17.5. The van der Waals surface area contributed by atoms with Crippen molar-refractivity contribution in [2.75, 3.05) is 62.4 Å². The van der Waals surface area contributed by atoms with E-state index in [2.05, 4.69) is 23.6 Å². The summed E-state index contributed by atoms with van der Waals surface area (Å²) >= 11 is 0. The lowest BCUT2D eigenvalue weighted by Gasteiger charge is -2.39. The molecule has 0 bridgehead atoms. The summed E-state index contributed by atoms with van der Waals surface area (Å²) in [4.78, 5) is 43.5. The molecule has 0 amide bonds. The topological polar surface area (TPSA) is 152 Å². The number of carbonyl (C=O) groups is 2. The van der Waals surface area contributed by atoms with Gasteiger partial charge in [-0.1, -0.05) is 47.0 Å². The number of fused-ring (bicyclic) bond motifs is 2. The average Bonchev–Trinajstić information content (AvgIpc) is 4.30. The Hall–Kier alpha value is -3.56. The van der Waals surface area contributed by atoms with Crippen LogP contribution in [0.4, 0.5) is 28.9 Å². The van der Waals surface area contributed by atoms with Crippen molar-refractivity contribution < 1.29 is 63.1 Å². The Labute approximate surface area is 434 Å². The maximum atomic E-state index is 14.1. The molecule has 2 aromatic rings. The third-order valence-electron chi connectivity index (χ3n) is 19.3. The molecular formula is C54H74F4N4O10S2. The number of sulfonamides is 2. The van der Waals surface area contributed by atoms with Crippen molar-refractivity contribution >= 4 is 43.4 Å². The van der Waals surface area contributed by atoms with Crippen LogP contribution in [0.1, 0.15) is 141 Å². The molecule has 8 fully saturated rings. The molecule has 0 spiro atoms. The Kier molecular flexibility index (Phi) is 14.3. The molecule has 74 heavy (non-hydrogen) atoms. The monoisotopic (exact) mass is 1080 g/mol. The number of carbonyl (C=O) groups excluding carboxylic acids is 2. The maximum absolute atomic E-state index is 14.1. The van der Waals surface area contributed by atoms with E-state index in [1.165, 1.54) is 12.1 Å². The summed E-state index contributed by atoms with van der Waals surface area (Å²) in [5, 5.41) is -1.69. The maximum Gasteiger partial charge on any atom is 0.444 e. The number of piperidine rings is 2. The van der Waals surface area contributed by atoms with Crippen molar-refractivity contribution in [3.05, 3.63) is 59.7 Å². The van der Waals surface area contributed by atoms with Crippen LogP contribution in [0.15, 0.2) is 48.5 Å². The second-order valence-electron chi connectivity index (χ2n) is 23.2. The number of halogens is 4. The molecule has 6 aliphatic carbocycles.